The molecule has 0 aromatic carbocycles. The van der Waals surface area contributed by atoms with Gasteiger partial charge in [-0.15, -0.1) is 0 Å². The number of aryl methyl sites for hydroxylation is 1. The molecule has 3 rings (SSSR count). The molecule has 1 aliphatic heterocycles. The molecule has 1 saturated heterocycles. The topological polar surface area (TPSA) is 100 Å². The van der Waals surface area contributed by atoms with E-state index >= 15 is 0 Å². The third-order valence-electron chi connectivity index (χ3n) is 3.91. The maximum absolute atomic E-state index is 12.0. The van der Waals surface area contributed by atoms with Gasteiger partial charge in [0.05, 0.1) is 12.3 Å². The average Bonchev–Trinajstić information content (AvgIpc) is 3.03. The number of urea groups is 1. The zero-order valence-electron chi connectivity index (χ0n) is 11.5. The van der Waals surface area contributed by atoms with Gasteiger partial charge in [0.2, 0.25) is 5.91 Å². The minimum atomic E-state index is -0.612. The van der Waals surface area contributed by atoms with Crippen molar-refractivity contribution < 1.29 is 18.8 Å². The Morgan fingerprint density at radius 1 is 1.43 bits per heavy atom. The minimum Gasteiger partial charge on any atom is -0.469 e. The Hall–Kier alpha value is -2.31. The summed E-state index contributed by atoms with van der Waals surface area (Å²) in [6.45, 7) is 0. The fourth-order valence-electron chi connectivity index (χ4n) is 2.84. The molecule has 112 valence electrons. The molecular formula is C14H17N3O4. The molecule has 1 aromatic rings. The van der Waals surface area contributed by atoms with Crippen molar-refractivity contribution in [3.05, 3.63) is 23.7 Å². The first-order chi connectivity index (χ1) is 10.1. The molecule has 2 atom stereocenters. The second kappa shape index (κ2) is 5.59. The monoisotopic (exact) mass is 291 g/mol. The van der Waals surface area contributed by atoms with Crippen molar-refractivity contribution in [2.45, 2.75) is 44.2 Å². The summed E-state index contributed by atoms with van der Waals surface area (Å²) >= 11 is 0. The third kappa shape index (κ3) is 2.91. The van der Waals surface area contributed by atoms with Gasteiger partial charge in [0.15, 0.2) is 0 Å². The summed E-state index contributed by atoms with van der Waals surface area (Å²) in [6, 6.07) is 0.760. The van der Waals surface area contributed by atoms with Gasteiger partial charge in [0, 0.05) is 18.4 Å². The van der Waals surface area contributed by atoms with Crippen LogP contribution >= 0.6 is 0 Å². The molecule has 0 saturated carbocycles. The number of hydrogen-bond donors (Lipinski definition) is 3. The van der Waals surface area contributed by atoms with Crippen LogP contribution < -0.4 is 16.0 Å². The Bertz CT molecular complexity index is 581. The van der Waals surface area contributed by atoms with E-state index in [1.165, 1.54) is 0 Å². The second-order valence-electron chi connectivity index (χ2n) is 5.37. The Balaban J connectivity index is 1.51. The summed E-state index contributed by atoms with van der Waals surface area (Å²) < 4.78 is 5.38. The van der Waals surface area contributed by atoms with Gasteiger partial charge >= 0.3 is 6.03 Å². The van der Waals surface area contributed by atoms with Crippen LogP contribution in [-0.2, 0) is 16.0 Å². The van der Waals surface area contributed by atoms with Crippen LogP contribution in [0.5, 0.6) is 0 Å². The van der Waals surface area contributed by atoms with E-state index in [-0.39, 0.29) is 24.3 Å². The summed E-state index contributed by atoms with van der Waals surface area (Å²) in [6.07, 6.45) is 4.92. The molecule has 21 heavy (non-hydrogen) atoms. The molecule has 0 spiro atoms. The van der Waals surface area contributed by atoms with E-state index in [1.807, 2.05) is 6.07 Å². The molecule has 7 nitrogen and oxygen atoms in total. The van der Waals surface area contributed by atoms with Crippen molar-refractivity contribution in [1.29, 1.82) is 0 Å². The molecule has 3 N–H and O–H groups in total. The van der Waals surface area contributed by atoms with Gasteiger partial charge in [-0.05, 0) is 25.3 Å². The molecule has 0 radical (unpaired) electrons. The fraction of sp³-hybridized carbons (Fsp3) is 0.500. The lowest BCUT2D eigenvalue weighted by atomic mass is 9.93. The minimum absolute atomic E-state index is 0.0213. The van der Waals surface area contributed by atoms with Crippen molar-refractivity contribution in [2.75, 3.05) is 0 Å². The smallest absolute Gasteiger partial charge is 0.322 e. The lowest BCUT2D eigenvalue weighted by molar-refractivity contribution is -0.122. The summed E-state index contributed by atoms with van der Waals surface area (Å²) in [4.78, 5) is 34.4. The number of hydrogen-bond acceptors (Lipinski definition) is 4. The summed E-state index contributed by atoms with van der Waals surface area (Å²) in [5, 5.41) is 7.60. The highest BCUT2D eigenvalue weighted by Crippen LogP contribution is 2.30. The second-order valence-corrected chi connectivity index (χ2v) is 5.37. The van der Waals surface area contributed by atoms with Gasteiger partial charge in [-0.2, -0.15) is 0 Å². The number of fused-ring (bicyclic) bond motifs is 1. The van der Waals surface area contributed by atoms with E-state index in [9.17, 15) is 14.4 Å². The normalized spacial score (nSPS) is 24.2. The number of furan rings is 1. The maximum atomic E-state index is 12.0. The van der Waals surface area contributed by atoms with Crippen molar-refractivity contribution in [3.8, 4) is 0 Å². The molecule has 1 fully saturated rings. The molecular weight excluding hydrogens is 274 g/mol. The zero-order valence-corrected chi connectivity index (χ0v) is 11.5. The van der Waals surface area contributed by atoms with Gasteiger partial charge in [-0.25, -0.2) is 4.79 Å². The molecule has 1 aliphatic carbocycles. The number of imide groups is 1. The van der Waals surface area contributed by atoms with E-state index < -0.39 is 12.1 Å². The van der Waals surface area contributed by atoms with Crippen molar-refractivity contribution >= 4 is 17.8 Å². The Labute approximate surface area is 121 Å². The van der Waals surface area contributed by atoms with E-state index in [4.69, 9.17) is 4.42 Å². The van der Waals surface area contributed by atoms with Gasteiger partial charge < -0.3 is 15.1 Å². The van der Waals surface area contributed by atoms with Crippen LogP contribution in [0.2, 0.25) is 0 Å². The van der Waals surface area contributed by atoms with Crippen LogP contribution in [0.1, 0.15) is 43.0 Å². The SMILES string of the molecule is O=C(CC[C@@H]1NC(=O)NC1=O)N[C@@H]1CCCc2occc21. The quantitative estimate of drug-likeness (QED) is 0.713. The molecule has 1 aromatic heterocycles. The number of carbonyl (C=O) groups is 3. The average molecular weight is 291 g/mol. The largest absolute Gasteiger partial charge is 0.469 e. The van der Waals surface area contributed by atoms with Gasteiger partial charge in [-0.1, -0.05) is 0 Å². The number of carbonyl (C=O) groups excluding carboxylic acids is 3. The number of rotatable bonds is 4. The first kappa shape index (κ1) is 13.7. The number of amides is 4. The summed E-state index contributed by atoms with van der Waals surface area (Å²) in [7, 11) is 0. The fourth-order valence-corrected chi connectivity index (χ4v) is 2.84. The van der Waals surface area contributed by atoms with Crippen molar-refractivity contribution in [1.82, 2.24) is 16.0 Å². The van der Waals surface area contributed by atoms with Crippen LogP contribution in [0.4, 0.5) is 4.79 Å². The first-order valence-electron chi connectivity index (χ1n) is 7.10. The molecule has 2 aliphatic rings. The van der Waals surface area contributed by atoms with Gasteiger partial charge in [0.1, 0.15) is 11.8 Å². The first-order valence-corrected chi connectivity index (χ1v) is 7.10. The van der Waals surface area contributed by atoms with E-state index in [2.05, 4.69) is 16.0 Å². The Morgan fingerprint density at radius 2 is 2.29 bits per heavy atom. The van der Waals surface area contributed by atoms with Crippen LogP contribution in [0.3, 0.4) is 0 Å². The molecule has 0 bridgehead atoms. The summed E-state index contributed by atoms with van der Waals surface area (Å²) in [5.74, 6) is 0.444. The Morgan fingerprint density at radius 3 is 3.05 bits per heavy atom. The highest BCUT2D eigenvalue weighted by molar-refractivity contribution is 6.04. The lowest BCUT2D eigenvalue weighted by Gasteiger charge is -2.22. The van der Waals surface area contributed by atoms with E-state index in [1.54, 1.807) is 6.26 Å². The highest BCUT2D eigenvalue weighted by atomic mass is 16.3. The van der Waals surface area contributed by atoms with Crippen LogP contribution in [0.15, 0.2) is 16.7 Å². The van der Waals surface area contributed by atoms with Crippen molar-refractivity contribution in [3.63, 3.8) is 0 Å². The number of nitrogens with one attached hydrogen (secondary N) is 3. The van der Waals surface area contributed by atoms with Crippen molar-refractivity contribution in [2.24, 2.45) is 0 Å². The van der Waals surface area contributed by atoms with Crippen LogP contribution in [0, 0.1) is 0 Å². The molecule has 0 unspecified atom stereocenters. The van der Waals surface area contributed by atoms with Crippen LogP contribution in [-0.4, -0.2) is 23.9 Å². The molecule has 4 amide bonds. The predicted octanol–water partition coefficient (Wildman–Crippen LogP) is 0.761. The highest BCUT2D eigenvalue weighted by Gasteiger charge is 2.30. The third-order valence-corrected chi connectivity index (χ3v) is 3.91. The Kier molecular flexibility index (Phi) is 3.64. The van der Waals surface area contributed by atoms with Gasteiger partial charge in [0.25, 0.3) is 5.91 Å². The van der Waals surface area contributed by atoms with E-state index in [0.717, 1.165) is 30.6 Å². The van der Waals surface area contributed by atoms with Gasteiger partial charge in [-0.3, -0.25) is 14.9 Å². The maximum Gasteiger partial charge on any atom is 0.322 e. The zero-order chi connectivity index (χ0) is 14.8. The standard InChI is InChI=1S/C14H17N3O4/c18-12(5-4-10-13(19)17-14(20)16-10)15-9-2-1-3-11-8(9)6-7-21-11/h6-7,9-10H,1-5H2,(H,15,18)(H2,16,17,19,20)/t9-,10+/m1/s1. The summed E-state index contributed by atoms with van der Waals surface area (Å²) in [5.41, 5.74) is 1.04. The van der Waals surface area contributed by atoms with Crippen LogP contribution in [0.25, 0.3) is 0 Å². The molecule has 7 heteroatoms. The van der Waals surface area contributed by atoms with E-state index in [0.29, 0.717) is 6.42 Å². The lowest BCUT2D eigenvalue weighted by Crippen LogP contribution is -2.34. The predicted molar refractivity (Wildman–Crippen MR) is 72.2 cm³/mol. The molecule has 2 heterocycles.